The molecule has 0 spiro atoms. The molecule has 0 N–H and O–H groups in total. The van der Waals surface area contributed by atoms with Crippen molar-refractivity contribution in [3.63, 3.8) is 0 Å². The summed E-state index contributed by atoms with van der Waals surface area (Å²) in [5, 5.41) is 0. The standard InChI is InChI=1S/C30H45N.C29H43N/c1-3-5-7-8-9-11-26-18-21-29(22-19-26)30-23-20-28(24-31-30)17-16-27-14-12-25(13-15-27)10-6-4-2;1-3-5-7-8-10-25-17-20-28(21-18-25)29-22-19-27(23-30-29)16-15-26-13-11-24(12-14-26)9-6-4-2/h18-25,27H,3-17H2,1-2H3;17-24,26H,3-16H2,1-2H3. The SMILES string of the molecule is CCCCCCCc1ccc(-c2ccc(CCC3CCC(CCCC)CC3)cn2)cc1.CCCCCCc1ccc(-c2ccc(CCC3CCC(CCCC)CC3)cn2)cc1. The fraction of sp³-hybridized carbons (Fsp3) is 0.627. The van der Waals surface area contributed by atoms with E-state index < -0.39 is 0 Å². The minimum absolute atomic E-state index is 0.937. The Morgan fingerprint density at radius 2 is 0.656 bits per heavy atom. The van der Waals surface area contributed by atoms with E-state index in [0.29, 0.717) is 0 Å². The zero-order chi connectivity index (χ0) is 42.7. The van der Waals surface area contributed by atoms with Gasteiger partial charge < -0.3 is 0 Å². The predicted octanol–water partition coefficient (Wildman–Crippen LogP) is 18.0. The van der Waals surface area contributed by atoms with E-state index in [-0.39, 0.29) is 0 Å². The number of pyridine rings is 2. The molecule has 4 aromatic rings. The zero-order valence-corrected chi connectivity index (χ0v) is 39.8. The van der Waals surface area contributed by atoms with Crippen molar-refractivity contribution in [1.29, 1.82) is 0 Å². The molecular weight excluding hydrogens is 737 g/mol. The molecule has 0 aliphatic heterocycles. The first-order valence-corrected chi connectivity index (χ1v) is 26.1. The molecule has 2 fully saturated rings. The molecule has 334 valence electrons. The quantitative estimate of drug-likeness (QED) is 0.0622. The first kappa shape index (κ1) is 48.8. The fourth-order valence-electron chi connectivity index (χ4n) is 10.2. The van der Waals surface area contributed by atoms with E-state index in [4.69, 9.17) is 9.97 Å². The topological polar surface area (TPSA) is 25.8 Å². The molecule has 6 rings (SSSR count). The normalized spacial score (nSPS) is 19.0. The summed E-state index contributed by atoms with van der Waals surface area (Å²) in [7, 11) is 0. The average molecular weight is 825 g/mol. The van der Waals surface area contributed by atoms with Crippen molar-refractivity contribution >= 4 is 0 Å². The van der Waals surface area contributed by atoms with Gasteiger partial charge in [-0.2, -0.15) is 0 Å². The van der Waals surface area contributed by atoms with Gasteiger partial charge in [0.25, 0.3) is 0 Å². The van der Waals surface area contributed by atoms with Crippen molar-refractivity contribution in [1.82, 2.24) is 9.97 Å². The van der Waals surface area contributed by atoms with Gasteiger partial charge in [0.1, 0.15) is 0 Å². The summed E-state index contributed by atoms with van der Waals surface area (Å²) in [5.74, 6) is 3.91. The van der Waals surface area contributed by atoms with Crippen LogP contribution < -0.4 is 0 Å². The maximum atomic E-state index is 4.78. The Morgan fingerprint density at radius 3 is 1.00 bits per heavy atom. The van der Waals surface area contributed by atoms with Gasteiger partial charge in [-0.15, -0.1) is 0 Å². The molecule has 0 bridgehead atoms. The van der Waals surface area contributed by atoms with Gasteiger partial charge in [-0.05, 0) is 109 Å². The first-order chi connectivity index (χ1) is 30.1. The van der Waals surface area contributed by atoms with Crippen LogP contribution in [0.15, 0.2) is 85.2 Å². The molecule has 61 heavy (non-hydrogen) atoms. The van der Waals surface area contributed by atoms with Gasteiger partial charge in [0.15, 0.2) is 0 Å². The summed E-state index contributed by atoms with van der Waals surface area (Å²) in [4.78, 5) is 9.56. The molecule has 2 heterocycles. The minimum atomic E-state index is 0.937. The van der Waals surface area contributed by atoms with E-state index in [1.165, 1.54) is 220 Å². The monoisotopic (exact) mass is 825 g/mol. The third-order valence-electron chi connectivity index (χ3n) is 14.6. The maximum absolute atomic E-state index is 4.78. The lowest BCUT2D eigenvalue weighted by Crippen LogP contribution is -2.15. The highest BCUT2D eigenvalue weighted by molar-refractivity contribution is 5.60. The Labute approximate surface area is 376 Å². The molecule has 2 aliphatic rings. The minimum Gasteiger partial charge on any atom is -0.256 e. The number of hydrogen-bond acceptors (Lipinski definition) is 2. The molecule has 2 aromatic carbocycles. The molecule has 0 amide bonds. The van der Waals surface area contributed by atoms with Gasteiger partial charge >= 0.3 is 0 Å². The summed E-state index contributed by atoms with van der Waals surface area (Å²) in [6.45, 7) is 9.18. The Kier molecular flexibility index (Phi) is 23.3. The second-order valence-corrected chi connectivity index (χ2v) is 19.6. The molecule has 2 nitrogen and oxygen atoms in total. The lowest BCUT2D eigenvalue weighted by molar-refractivity contribution is 0.250. The van der Waals surface area contributed by atoms with Crippen LogP contribution in [0.5, 0.6) is 0 Å². The molecule has 0 atom stereocenters. The Balaban J connectivity index is 0.000000231. The molecule has 0 saturated heterocycles. The summed E-state index contributed by atoms with van der Waals surface area (Å²) < 4.78 is 0. The van der Waals surface area contributed by atoms with Crippen molar-refractivity contribution in [3.05, 3.63) is 107 Å². The lowest BCUT2D eigenvalue weighted by Gasteiger charge is -2.28. The van der Waals surface area contributed by atoms with Gasteiger partial charge in [-0.1, -0.05) is 223 Å². The summed E-state index contributed by atoms with van der Waals surface area (Å²) in [6.07, 6.45) is 43.9. The molecule has 2 aliphatic carbocycles. The van der Waals surface area contributed by atoms with E-state index in [2.05, 4.69) is 113 Å². The number of nitrogens with zero attached hydrogens (tertiary/aromatic N) is 2. The second kappa shape index (κ2) is 29.2. The molecule has 0 radical (unpaired) electrons. The third kappa shape index (κ3) is 18.5. The average Bonchev–Trinajstić information content (AvgIpc) is 3.32. The highest BCUT2D eigenvalue weighted by atomic mass is 14.7. The Hall–Kier alpha value is -3.26. The van der Waals surface area contributed by atoms with Crippen LogP contribution in [0, 0.1) is 23.7 Å². The number of hydrogen-bond donors (Lipinski definition) is 0. The van der Waals surface area contributed by atoms with Crippen LogP contribution >= 0.6 is 0 Å². The first-order valence-electron chi connectivity index (χ1n) is 26.1. The van der Waals surface area contributed by atoms with Crippen molar-refractivity contribution in [2.45, 2.75) is 214 Å². The van der Waals surface area contributed by atoms with Crippen LogP contribution in [0.4, 0.5) is 0 Å². The van der Waals surface area contributed by atoms with E-state index >= 15 is 0 Å². The highest BCUT2D eigenvalue weighted by Crippen LogP contribution is 2.35. The van der Waals surface area contributed by atoms with Crippen LogP contribution in [-0.4, -0.2) is 9.97 Å². The van der Waals surface area contributed by atoms with Gasteiger partial charge in [0.2, 0.25) is 0 Å². The van der Waals surface area contributed by atoms with Gasteiger partial charge in [0, 0.05) is 23.5 Å². The zero-order valence-electron chi connectivity index (χ0n) is 39.8. The Morgan fingerprint density at radius 1 is 0.328 bits per heavy atom. The van der Waals surface area contributed by atoms with Crippen LogP contribution in [-0.2, 0) is 25.7 Å². The summed E-state index contributed by atoms with van der Waals surface area (Å²) in [5.41, 5.74) is 10.4. The molecular formula is C59H88N2. The molecule has 2 heteroatoms. The number of aromatic nitrogens is 2. The number of unbranched alkanes of at least 4 members (excludes halogenated alkanes) is 9. The number of rotatable bonds is 25. The highest BCUT2D eigenvalue weighted by Gasteiger charge is 2.22. The summed E-state index contributed by atoms with van der Waals surface area (Å²) >= 11 is 0. The van der Waals surface area contributed by atoms with E-state index in [1.807, 2.05) is 0 Å². The predicted molar refractivity (Wildman–Crippen MR) is 266 cm³/mol. The maximum Gasteiger partial charge on any atom is 0.0702 e. The molecule has 0 unspecified atom stereocenters. The van der Waals surface area contributed by atoms with E-state index in [9.17, 15) is 0 Å². The fourth-order valence-corrected chi connectivity index (χ4v) is 10.2. The lowest BCUT2D eigenvalue weighted by atomic mass is 9.78. The van der Waals surface area contributed by atoms with Crippen molar-refractivity contribution < 1.29 is 0 Å². The van der Waals surface area contributed by atoms with Gasteiger partial charge in [0.05, 0.1) is 11.4 Å². The largest absolute Gasteiger partial charge is 0.256 e. The molecule has 2 saturated carbocycles. The van der Waals surface area contributed by atoms with Gasteiger partial charge in [-0.25, -0.2) is 0 Å². The number of aryl methyl sites for hydroxylation is 4. The third-order valence-corrected chi connectivity index (χ3v) is 14.6. The van der Waals surface area contributed by atoms with Crippen LogP contribution in [0.25, 0.3) is 22.5 Å². The van der Waals surface area contributed by atoms with Gasteiger partial charge in [-0.3, -0.25) is 9.97 Å². The van der Waals surface area contributed by atoms with Crippen molar-refractivity contribution in [2.75, 3.05) is 0 Å². The van der Waals surface area contributed by atoms with E-state index in [0.717, 1.165) is 35.1 Å². The number of benzene rings is 2. The molecule has 2 aromatic heterocycles. The van der Waals surface area contributed by atoms with Crippen LogP contribution in [0.3, 0.4) is 0 Å². The van der Waals surface area contributed by atoms with Crippen LogP contribution in [0.1, 0.15) is 210 Å². The van der Waals surface area contributed by atoms with Crippen molar-refractivity contribution in [3.8, 4) is 22.5 Å². The Bertz CT molecular complexity index is 1660. The second-order valence-electron chi connectivity index (χ2n) is 19.6. The van der Waals surface area contributed by atoms with E-state index in [1.54, 1.807) is 0 Å². The smallest absolute Gasteiger partial charge is 0.0702 e. The van der Waals surface area contributed by atoms with Crippen molar-refractivity contribution in [2.24, 2.45) is 23.7 Å². The van der Waals surface area contributed by atoms with Crippen LogP contribution in [0.2, 0.25) is 0 Å². The summed E-state index contributed by atoms with van der Waals surface area (Å²) in [6, 6.07) is 27.2.